The highest BCUT2D eigenvalue weighted by Gasteiger charge is 2.06. The fourth-order valence-electron chi connectivity index (χ4n) is 2.07. The first-order valence-corrected chi connectivity index (χ1v) is 6.03. The van der Waals surface area contributed by atoms with Crippen LogP contribution in [0.4, 0.5) is 0 Å². The highest BCUT2D eigenvalue weighted by atomic mass is 16.5. The van der Waals surface area contributed by atoms with E-state index < -0.39 is 0 Å². The lowest BCUT2D eigenvalue weighted by Gasteiger charge is -2.10. The van der Waals surface area contributed by atoms with Crippen LogP contribution in [0.3, 0.4) is 0 Å². The van der Waals surface area contributed by atoms with Gasteiger partial charge in [-0.05, 0) is 25.1 Å². The van der Waals surface area contributed by atoms with Gasteiger partial charge in [-0.15, -0.1) is 0 Å². The van der Waals surface area contributed by atoms with E-state index in [0.29, 0.717) is 6.61 Å². The molecule has 0 saturated carbocycles. The number of imidazole rings is 1. The lowest BCUT2D eigenvalue weighted by Crippen LogP contribution is -1.94. The van der Waals surface area contributed by atoms with Crippen LogP contribution in [0.25, 0.3) is 16.8 Å². The molecule has 3 rings (SSSR count). The number of fused-ring (bicyclic) bond motifs is 1. The Morgan fingerprint density at radius 3 is 2.94 bits per heavy atom. The van der Waals surface area contributed by atoms with Gasteiger partial charge >= 0.3 is 0 Å². The summed E-state index contributed by atoms with van der Waals surface area (Å²) in [6, 6.07) is 12.2. The summed E-state index contributed by atoms with van der Waals surface area (Å²) in [5.74, 6) is 0.916. The van der Waals surface area contributed by atoms with Crippen LogP contribution in [-0.2, 0) is 0 Å². The van der Waals surface area contributed by atoms with E-state index in [1.807, 2.05) is 41.8 Å². The normalized spacial score (nSPS) is 10.7. The van der Waals surface area contributed by atoms with Crippen LogP contribution in [0.15, 0.2) is 55.0 Å². The molecule has 0 atom stereocenters. The lowest BCUT2D eigenvalue weighted by atomic mass is 10.1. The minimum absolute atomic E-state index is 0.671. The minimum atomic E-state index is 0.671. The highest BCUT2D eigenvalue weighted by molar-refractivity contribution is 5.70. The molecule has 0 aliphatic heterocycles. The smallest absolute Gasteiger partial charge is 0.136 e. The molecule has 0 N–H and O–H groups in total. The predicted octanol–water partition coefficient (Wildman–Crippen LogP) is 3.40. The number of benzene rings is 1. The molecule has 0 aliphatic rings. The Hall–Kier alpha value is -2.29. The molecule has 3 heteroatoms. The molecule has 0 aliphatic carbocycles. The average Bonchev–Trinajstić information content (AvgIpc) is 2.87. The van der Waals surface area contributed by atoms with Gasteiger partial charge < -0.3 is 9.14 Å². The van der Waals surface area contributed by atoms with E-state index in [1.54, 1.807) is 6.20 Å². The van der Waals surface area contributed by atoms with Crippen molar-refractivity contribution < 1.29 is 4.74 Å². The van der Waals surface area contributed by atoms with E-state index in [0.717, 1.165) is 22.5 Å². The van der Waals surface area contributed by atoms with Gasteiger partial charge in [-0.25, -0.2) is 4.98 Å². The molecule has 90 valence electrons. The first-order chi connectivity index (χ1) is 8.88. The Morgan fingerprint density at radius 1 is 1.17 bits per heavy atom. The van der Waals surface area contributed by atoms with Crippen LogP contribution in [0.2, 0.25) is 0 Å². The molecule has 0 radical (unpaired) electrons. The summed E-state index contributed by atoms with van der Waals surface area (Å²) in [5, 5.41) is 0. The third kappa shape index (κ3) is 1.84. The Morgan fingerprint density at radius 2 is 2.06 bits per heavy atom. The Balaban J connectivity index is 2.12. The van der Waals surface area contributed by atoms with Crippen LogP contribution in [0.1, 0.15) is 6.92 Å². The van der Waals surface area contributed by atoms with Crippen molar-refractivity contribution in [2.75, 3.05) is 6.61 Å². The summed E-state index contributed by atoms with van der Waals surface area (Å²) in [4.78, 5) is 4.24. The maximum Gasteiger partial charge on any atom is 0.136 e. The molecule has 0 unspecified atom stereocenters. The Kier molecular flexibility index (Phi) is 2.73. The molecule has 1 aromatic carbocycles. The van der Waals surface area contributed by atoms with Crippen molar-refractivity contribution in [3.8, 4) is 16.9 Å². The molecule has 0 bridgehead atoms. The van der Waals surface area contributed by atoms with Gasteiger partial charge in [-0.1, -0.05) is 18.2 Å². The van der Waals surface area contributed by atoms with Crippen molar-refractivity contribution in [3.05, 3.63) is 55.0 Å². The van der Waals surface area contributed by atoms with Gasteiger partial charge in [-0.2, -0.15) is 0 Å². The molecule has 3 aromatic rings. The first kappa shape index (κ1) is 10.8. The van der Waals surface area contributed by atoms with Gasteiger partial charge in [0.15, 0.2) is 0 Å². The van der Waals surface area contributed by atoms with E-state index in [-0.39, 0.29) is 0 Å². The zero-order valence-corrected chi connectivity index (χ0v) is 10.2. The lowest BCUT2D eigenvalue weighted by molar-refractivity contribution is 0.341. The number of para-hydroxylation sites is 1. The van der Waals surface area contributed by atoms with Crippen LogP contribution in [0.5, 0.6) is 5.75 Å². The summed E-state index contributed by atoms with van der Waals surface area (Å²) in [5.41, 5.74) is 3.19. The molecular weight excluding hydrogens is 224 g/mol. The van der Waals surface area contributed by atoms with E-state index in [2.05, 4.69) is 23.3 Å². The number of nitrogens with zero attached hydrogens (tertiary/aromatic N) is 2. The molecule has 0 saturated heterocycles. The fourth-order valence-corrected chi connectivity index (χ4v) is 2.07. The van der Waals surface area contributed by atoms with E-state index in [9.17, 15) is 0 Å². The summed E-state index contributed by atoms with van der Waals surface area (Å²) in [6.07, 6.45) is 5.82. The molecular formula is C15H14N2O. The van der Waals surface area contributed by atoms with Gasteiger partial charge in [0.2, 0.25) is 0 Å². The monoisotopic (exact) mass is 238 g/mol. The van der Waals surface area contributed by atoms with E-state index in [1.165, 1.54) is 0 Å². The number of aromatic nitrogens is 2. The quantitative estimate of drug-likeness (QED) is 0.699. The summed E-state index contributed by atoms with van der Waals surface area (Å²) in [6.45, 7) is 2.67. The SMILES string of the molecule is CCOc1ccccc1-c1ccc2nccn2c1. The summed E-state index contributed by atoms with van der Waals surface area (Å²) >= 11 is 0. The molecule has 3 nitrogen and oxygen atoms in total. The standard InChI is InChI=1S/C15H14N2O/c1-2-18-14-6-4-3-5-13(14)12-7-8-15-16-9-10-17(15)11-12/h3-11H,2H2,1H3. The molecule has 0 spiro atoms. The van der Waals surface area contributed by atoms with Crippen LogP contribution >= 0.6 is 0 Å². The molecule has 2 aromatic heterocycles. The summed E-state index contributed by atoms with van der Waals surface area (Å²) < 4.78 is 7.67. The number of rotatable bonds is 3. The van der Waals surface area contributed by atoms with Crippen molar-refractivity contribution in [1.29, 1.82) is 0 Å². The second kappa shape index (κ2) is 4.53. The Labute approximate surface area is 106 Å². The Bertz CT molecular complexity index is 673. The van der Waals surface area contributed by atoms with Crippen LogP contribution in [-0.4, -0.2) is 16.0 Å². The van der Waals surface area contributed by atoms with E-state index >= 15 is 0 Å². The van der Waals surface area contributed by atoms with Gasteiger partial charge in [0.25, 0.3) is 0 Å². The third-order valence-electron chi connectivity index (χ3n) is 2.89. The molecule has 18 heavy (non-hydrogen) atoms. The average molecular weight is 238 g/mol. The number of ether oxygens (including phenoxy) is 1. The van der Waals surface area contributed by atoms with Gasteiger partial charge in [0.1, 0.15) is 11.4 Å². The predicted molar refractivity (Wildman–Crippen MR) is 71.8 cm³/mol. The van der Waals surface area contributed by atoms with Crippen LogP contribution < -0.4 is 4.74 Å². The zero-order chi connectivity index (χ0) is 12.4. The second-order valence-corrected chi connectivity index (χ2v) is 4.04. The zero-order valence-electron chi connectivity index (χ0n) is 10.2. The second-order valence-electron chi connectivity index (χ2n) is 4.04. The topological polar surface area (TPSA) is 26.5 Å². The van der Waals surface area contributed by atoms with Crippen molar-refractivity contribution >= 4 is 5.65 Å². The van der Waals surface area contributed by atoms with Crippen molar-refractivity contribution in [2.45, 2.75) is 6.92 Å². The third-order valence-corrected chi connectivity index (χ3v) is 2.89. The maximum atomic E-state index is 5.66. The molecule has 0 amide bonds. The van der Waals surface area contributed by atoms with E-state index in [4.69, 9.17) is 4.74 Å². The van der Waals surface area contributed by atoms with Crippen molar-refractivity contribution in [3.63, 3.8) is 0 Å². The van der Waals surface area contributed by atoms with Crippen molar-refractivity contribution in [1.82, 2.24) is 9.38 Å². The van der Waals surface area contributed by atoms with Gasteiger partial charge in [0, 0.05) is 29.7 Å². The van der Waals surface area contributed by atoms with Gasteiger partial charge in [-0.3, -0.25) is 0 Å². The fraction of sp³-hybridized carbons (Fsp3) is 0.133. The van der Waals surface area contributed by atoms with Crippen molar-refractivity contribution in [2.24, 2.45) is 0 Å². The van der Waals surface area contributed by atoms with Crippen LogP contribution in [0, 0.1) is 0 Å². The number of hydrogen-bond acceptors (Lipinski definition) is 2. The highest BCUT2D eigenvalue weighted by Crippen LogP contribution is 2.29. The van der Waals surface area contributed by atoms with Gasteiger partial charge in [0.05, 0.1) is 6.61 Å². The number of hydrogen-bond donors (Lipinski definition) is 0. The maximum absolute atomic E-state index is 5.66. The first-order valence-electron chi connectivity index (χ1n) is 6.03. The largest absolute Gasteiger partial charge is 0.493 e. The molecule has 0 fully saturated rings. The number of pyridine rings is 1. The molecule has 2 heterocycles. The minimum Gasteiger partial charge on any atom is -0.493 e. The summed E-state index contributed by atoms with van der Waals surface area (Å²) in [7, 11) is 0.